The van der Waals surface area contributed by atoms with Crippen molar-refractivity contribution in [1.82, 2.24) is 15.0 Å². The van der Waals surface area contributed by atoms with Gasteiger partial charge in [0.05, 0.1) is 29.1 Å². The molecule has 1 aromatic heterocycles. The SMILES string of the molecule is CCc1ccc2c(c1)CCC(C1CC1)N2S(=O)(=O)c1ccc(OCc2c(C)nnn2C)c(C(=O)OC)c1. The Morgan fingerprint density at radius 2 is 1.92 bits per heavy atom. The number of aromatic nitrogens is 3. The van der Waals surface area contributed by atoms with Crippen LogP contribution in [0.1, 0.15) is 59.1 Å². The molecule has 0 bridgehead atoms. The molecule has 0 radical (unpaired) electrons. The van der Waals surface area contributed by atoms with Gasteiger partial charge >= 0.3 is 5.97 Å². The number of rotatable bonds is 8. The van der Waals surface area contributed by atoms with Gasteiger partial charge in [0.1, 0.15) is 17.9 Å². The second-order valence-corrected chi connectivity index (χ2v) is 11.6. The lowest BCUT2D eigenvalue weighted by Gasteiger charge is -2.38. The van der Waals surface area contributed by atoms with E-state index in [4.69, 9.17) is 9.47 Å². The standard InChI is InChI=1S/C27H32N4O5S/c1-5-18-6-11-24-20(14-18)9-12-23(19-7-8-19)31(24)37(33,34)21-10-13-26(22(15-21)27(32)35-4)36-16-25-17(2)28-29-30(25)3/h6,10-11,13-15,19,23H,5,7-9,12,16H2,1-4H3. The lowest BCUT2D eigenvalue weighted by molar-refractivity contribution is 0.0595. The quantitative estimate of drug-likeness (QED) is 0.411. The number of benzene rings is 2. The van der Waals surface area contributed by atoms with Gasteiger partial charge in [-0.15, -0.1) is 5.10 Å². The number of ether oxygens (including phenoxy) is 2. The number of aryl methyl sites for hydroxylation is 4. The van der Waals surface area contributed by atoms with Gasteiger partial charge in [-0.1, -0.05) is 24.3 Å². The van der Waals surface area contributed by atoms with E-state index in [1.807, 2.05) is 19.1 Å². The molecule has 1 aliphatic heterocycles. The van der Waals surface area contributed by atoms with Crippen LogP contribution < -0.4 is 9.04 Å². The van der Waals surface area contributed by atoms with Crippen LogP contribution in [0.2, 0.25) is 0 Å². The summed E-state index contributed by atoms with van der Waals surface area (Å²) in [6.45, 7) is 4.03. The molecule has 0 N–H and O–H groups in total. The van der Waals surface area contributed by atoms with Gasteiger partial charge in [-0.05, 0) is 80.3 Å². The van der Waals surface area contributed by atoms with Gasteiger partial charge in [-0.2, -0.15) is 0 Å². The van der Waals surface area contributed by atoms with E-state index in [1.54, 1.807) is 16.0 Å². The highest BCUT2D eigenvalue weighted by molar-refractivity contribution is 7.92. The van der Waals surface area contributed by atoms with Crippen molar-refractivity contribution >= 4 is 21.7 Å². The average Bonchev–Trinajstić information content (AvgIpc) is 3.71. The molecule has 196 valence electrons. The third-order valence-electron chi connectivity index (χ3n) is 7.38. The van der Waals surface area contributed by atoms with Crippen molar-refractivity contribution in [3.63, 3.8) is 0 Å². The molecule has 37 heavy (non-hydrogen) atoms. The van der Waals surface area contributed by atoms with E-state index in [-0.39, 0.29) is 28.9 Å². The minimum Gasteiger partial charge on any atom is -0.486 e. The molecule has 5 rings (SSSR count). The molecule has 1 saturated carbocycles. The van der Waals surface area contributed by atoms with E-state index >= 15 is 0 Å². The summed E-state index contributed by atoms with van der Waals surface area (Å²) in [6.07, 6.45) is 4.60. The third-order valence-corrected chi connectivity index (χ3v) is 9.22. The summed E-state index contributed by atoms with van der Waals surface area (Å²) < 4.78 is 42.4. The maximum absolute atomic E-state index is 14.2. The lowest BCUT2D eigenvalue weighted by Crippen LogP contribution is -2.45. The van der Waals surface area contributed by atoms with E-state index in [0.717, 1.165) is 49.0 Å². The van der Waals surface area contributed by atoms with Crippen LogP contribution in [0.5, 0.6) is 5.75 Å². The fourth-order valence-electron chi connectivity index (χ4n) is 5.09. The van der Waals surface area contributed by atoms with Crippen LogP contribution in [0.4, 0.5) is 5.69 Å². The Hall–Kier alpha value is -3.40. The molecule has 10 heteroatoms. The van der Waals surface area contributed by atoms with Crippen molar-refractivity contribution in [2.45, 2.75) is 63.5 Å². The molecule has 3 aromatic rings. The Balaban J connectivity index is 1.53. The van der Waals surface area contributed by atoms with Crippen molar-refractivity contribution in [1.29, 1.82) is 0 Å². The van der Waals surface area contributed by atoms with E-state index in [1.165, 1.54) is 30.9 Å². The Bertz CT molecular complexity index is 1430. The summed E-state index contributed by atoms with van der Waals surface area (Å²) in [5.41, 5.74) is 4.48. The van der Waals surface area contributed by atoms with Gasteiger partial charge in [0.2, 0.25) is 0 Å². The monoisotopic (exact) mass is 524 g/mol. The van der Waals surface area contributed by atoms with Crippen LogP contribution in [0, 0.1) is 12.8 Å². The number of nitrogens with zero attached hydrogens (tertiary/aromatic N) is 4. The summed E-state index contributed by atoms with van der Waals surface area (Å²) in [4.78, 5) is 12.7. The number of carbonyl (C=O) groups excluding carboxylic acids is 1. The van der Waals surface area contributed by atoms with Crippen LogP contribution in [0.15, 0.2) is 41.3 Å². The zero-order valence-electron chi connectivity index (χ0n) is 21.6. The first-order chi connectivity index (χ1) is 17.7. The first-order valence-corrected chi connectivity index (χ1v) is 14.0. The Morgan fingerprint density at radius 3 is 2.57 bits per heavy atom. The molecular weight excluding hydrogens is 492 g/mol. The summed E-state index contributed by atoms with van der Waals surface area (Å²) in [7, 11) is -0.938. The van der Waals surface area contributed by atoms with Gasteiger partial charge in [-0.25, -0.2) is 17.9 Å². The fraction of sp³-hybridized carbons (Fsp3) is 0.444. The second kappa shape index (κ2) is 9.81. The average molecular weight is 525 g/mol. The maximum Gasteiger partial charge on any atom is 0.341 e. The minimum atomic E-state index is -3.96. The van der Waals surface area contributed by atoms with Crippen LogP contribution >= 0.6 is 0 Å². The molecule has 2 aromatic carbocycles. The van der Waals surface area contributed by atoms with Gasteiger partial charge < -0.3 is 9.47 Å². The van der Waals surface area contributed by atoms with Crippen LogP contribution in [0.25, 0.3) is 0 Å². The Kier molecular flexibility index (Phi) is 6.70. The molecular formula is C27H32N4O5S. The van der Waals surface area contributed by atoms with Crippen LogP contribution in [-0.2, 0) is 41.3 Å². The highest BCUT2D eigenvalue weighted by atomic mass is 32.2. The number of anilines is 1. The first-order valence-electron chi connectivity index (χ1n) is 12.6. The predicted octanol–water partition coefficient (Wildman–Crippen LogP) is 3.97. The van der Waals surface area contributed by atoms with E-state index in [9.17, 15) is 13.2 Å². The number of fused-ring (bicyclic) bond motifs is 1. The molecule has 1 aliphatic carbocycles. The Morgan fingerprint density at radius 1 is 1.14 bits per heavy atom. The van der Waals surface area contributed by atoms with E-state index < -0.39 is 16.0 Å². The zero-order valence-corrected chi connectivity index (χ0v) is 22.4. The minimum absolute atomic E-state index is 0.0386. The normalized spacial score (nSPS) is 17.4. The summed E-state index contributed by atoms with van der Waals surface area (Å²) in [6, 6.07) is 10.4. The van der Waals surface area contributed by atoms with E-state index in [2.05, 4.69) is 23.3 Å². The predicted molar refractivity (Wildman–Crippen MR) is 138 cm³/mol. The largest absolute Gasteiger partial charge is 0.486 e. The third kappa shape index (κ3) is 4.70. The molecule has 0 saturated heterocycles. The Labute approximate surface area is 217 Å². The molecule has 1 unspecified atom stereocenters. The number of hydrogen-bond donors (Lipinski definition) is 0. The first kappa shape index (κ1) is 25.3. The van der Waals surface area contributed by atoms with Gasteiger partial charge in [0.25, 0.3) is 10.0 Å². The maximum atomic E-state index is 14.2. The summed E-state index contributed by atoms with van der Waals surface area (Å²) in [5, 5.41) is 7.98. The van der Waals surface area contributed by atoms with Crippen molar-refractivity contribution < 1.29 is 22.7 Å². The zero-order chi connectivity index (χ0) is 26.3. The van der Waals surface area contributed by atoms with Crippen LogP contribution in [0.3, 0.4) is 0 Å². The number of hydrogen-bond acceptors (Lipinski definition) is 7. The number of methoxy groups -OCH3 is 1. The molecule has 0 amide bonds. The molecule has 2 aliphatic rings. The van der Waals surface area contributed by atoms with Crippen LogP contribution in [-0.4, -0.2) is 42.5 Å². The van der Waals surface area contributed by atoms with E-state index in [0.29, 0.717) is 11.6 Å². The number of esters is 1. The van der Waals surface area contributed by atoms with Crippen molar-refractivity contribution in [2.24, 2.45) is 13.0 Å². The molecule has 1 fully saturated rings. The lowest BCUT2D eigenvalue weighted by atomic mass is 9.93. The van der Waals surface area contributed by atoms with Crippen molar-refractivity contribution in [2.75, 3.05) is 11.4 Å². The fourth-order valence-corrected chi connectivity index (χ4v) is 6.90. The van der Waals surface area contributed by atoms with Gasteiger partial charge in [-0.3, -0.25) is 4.31 Å². The topological polar surface area (TPSA) is 104 Å². The molecule has 1 atom stereocenters. The molecule has 9 nitrogen and oxygen atoms in total. The van der Waals surface area contributed by atoms with Gasteiger partial charge in [0.15, 0.2) is 0 Å². The smallest absolute Gasteiger partial charge is 0.341 e. The highest BCUT2D eigenvalue weighted by Crippen LogP contribution is 2.45. The summed E-state index contributed by atoms with van der Waals surface area (Å²) in [5.74, 6) is -0.0822. The molecule has 2 heterocycles. The number of sulfonamides is 1. The highest BCUT2D eigenvalue weighted by Gasteiger charge is 2.44. The molecule has 0 spiro atoms. The second-order valence-electron chi connectivity index (χ2n) is 9.74. The van der Waals surface area contributed by atoms with Crippen molar-refractivity contribution in [3.05, 3.63) is 64.5 Å². The van der Waals surface area contributed by atoms with Crippen molar-refractivity contribution in [3.8, 4) is 5.75 Å². The van der Waals surface area contributed by atoms with Gasteiger partial charge in [0, 0.05) is 13.1 Å². The number of carbonyl (C=O) groups is 1. The summed E-state index contributed by atoms with van der Waals surface area (Å²) >= 11 is 0.